The van der Waals surface area contributed by atoms with Crippen LogP contribution in [0.4, 0.5) is 17.6 Å². The van der Waals surface area contributed by atoms with Crippen LogP contribution in [-0.2, 0) is 6.42 Å². The largest absolute Gasteiger partial charge is 0.357 e. The Hall–Kier alpha value is -3.86. The van der Waals surface area contributed by atoms with Gasteiger partial charge in [-0.3, -0.25) is 9.36 Å². The number of aromatic nitrogens is 3. The zero-order valence-corrected chi connectivity index (χ0v) is 25.5. The van der Waals surface area contributed by atoms with Gasteiger partial charge >= 0.3 is 0 Å². The molecule has 2 aromatic heterocycles. The first-order valence-electron chi connectivity index (χ1n) is 14.8. The third-order valence-corrected chi connectivity index (χ3v) is 8.57. The van der Waals surface area contributed by atoms with Gasteiger partial charge in [0.15, 0.2) is 5.65 Å². The Labute approximate surface area is 254 Å². The fraction of sp³-hybridized carbons (Fsp3) is 0.394. The van der Waals surface area contributed by atoms with Crippen LogP contribution in [0.25, 0.3) is 16.7 Å². The molecular weight excluding hydrogens is 569 g/mol. The molecule has 44 heavy (non-hydrogen) atoms. The Morgan fingerprint density at radius 3 is 2.36 bits per heavy atom. The normalized spacial score (nSPS) is 15.8. The summed E-state index contributed by atoms with van der Waals surface area (Å²) in [7, 11) is 3.28. The molecule has 2 N–H and O–H groups in total. The van der Waals surface area contributed by atoms with Crippen molar-refractivity contribution in [3.8, 4) is 5.69 Å². The lowest BCUT2D eigenvalue weighted by Gasteiger charge is -2.28. The van der Waals surface area contributed by atoms with E-state index in [0.29, 0.717) is 44.8 Å². The Morgan fingerprint density at radius 1 is 1.07 bits per heavy atom. The summed E-state index contributed by atoms with van der Waals surface area (Å²) in [6.45, 7) is 7.36. The predicted octanol–water partition coefficient (Wildman–Crippen LogP) is 6.79. The topological polar surface area (TPSA) is 83.7 Å². The number of fused-ring (bicyclic) bond motifs is 1. The van der Waals surface area contributed by atoms with Gasteiger partial charge in [-0.25, -0.2) is 27.5 Å². The lowest BCUT2D eigenvalue weighted by molar-refractivity contribution is -0.0384. The first kappa shape index (κ1) is 31.6. The van der Waals surface area contributed by atoms with Crippen molar-refractivity contribution in [3.05, 3.63) is 97.7 Å². The van der Waals surface area contributed by atoms with Gasteiger partial charge in [0.25, 0.3) is 13.0 Å². The van der Waals surface area contributed by atoms with Crippen molar-refractivity contribution in [1.82, 2.24) is 19.8 Å². The summed E-state index contributed by atoms with van der Waals surface area (Å²) in [5.41, 5.74) is 4.52. The molecule has 11 heteroatoms. The molecule has 0 spiro atoms. The van der Waals surface area contributed by atoms with Crippen molar-refractivity contribution >= 4 is 24.1 Å². The first-order chi connectivity index (χ1) is 20.8. The fourth-order valence-electron chi connectivity index (χ4n) is 6.39. The number of pyridine rings is 1. The van der Waals surface area contributed by atoms with Crippen molar-refractivity contribution in [2.75, 3.05) is 7.05 Å². The lowest BCUT2D eigenvalue weighted by Crippen LogP contribution is -2.29. The van der Waals surface area contributed by atoms with Crippen LogP contribution in [0.2, 0.25) is 0 Å². The predicted molar refractivity (Wildman–Crippen MR) is 166 cm³/mol. The highest BCUT2D eigenvalue weighted by atomic mass is 19.3. The van der Waals surface area contributed by atoms with Gasteiger partial charge in [0.05, 0.1) is 11.1 Å². The van der Waals surface area contributed by atoms with Gasteiger partial charge < -0.3 is 10.6 Å². The molecule has 0 bridgehead atoms. The number of hydrogen-bond acceptors (Lipinski definition) is 5. The van der Waals surface area contributed by atoms with Gasteiger partial charge in [-0.2, -0.15) is 0 Å². The molecule has 4 aromatic rings. The molecule has 0 aliphatic heterocycles. The standard InChI is InChI=1S/C33H35BF4N5O/c1-17-6-7-26(20(4)27(17)29(39)34-40-5)43-31(19(3)12-21-14-23(35)16-24(36)15-21)42-30-28(32(43)44)18(2)13-25(41-30)22-8-10-33(37,38)11-9-22/h6-7,13-16,19,22,39-40H,8-12H2,1-5H3/t19-/m0/s1. The smallest absolute Gasteiger partial charge is 0.270 e. The van der Waals surface area contributed by atoms with Crippen molar-refractivity contribution in [3.63, 3.8) is 0 Å². The van der Waals surface area contributed by atoms with E-state index in [1.54, 1.807) is 27.5 Å². The summed E-state index contributed by atoms with van der Waals surface area (Å²) >= 11 is 0. The molecule has 1 fully saturated rings. The van der Waals surface area contributed by atoms with Gasteiger partial charge in [-0.1, -0.05) is 13.0 Å². The summed E-state index contributed by atoms with van der Waals surface area (Å²) in [6, 6.07) is 8.78. The number of nitrogens with one attached hydrogen (secondary N) is 2. The maximum absolute atomic E-state index is 14.4. The van der Waals surface area contributed by atoms with Gasteiger partial charge in [0.2, 0.25) is 5.92 Å². The first-order valence-corrected chi connectivity index (χ1v) is 14.8. The monoisotopic (exact) mass is 604 g/mol. The number of halogens is 4. The van der Waals surface area contributed by atoms with Crippen molar-refractivity contribution in [2.45, 2.75) is 77.6 Å². The van der Waals surface area contributed by atoms with Crippen LogP contribution in [-0.4, -0.2) is 40.5 Å². The number of hydrogen-bond donors (Lipinski definition) is 2. The molecular formula is C33H35BF4N5O. The van der Waals surface area contributed by atoms with Crippen LogP contribution < -0.4 is 10.8 Å². The van der Waals surface area contributed by atoms with Gasteiger partial charge in [-0.15, -0.1) is 0 Å². The second-order valence-corrected chi connectivity index (χ2v) is 11.9. The van der Waals surface area contributed by atoms with E-state index in [0.717, 1.165) is 11.6 Å². The molecule has 1 aliphatic rings. The van der Waals surface area contributed by atoms with Crippen molar-refractivity contribution in [1.29, 1.82) is 5.41 Å². The van der Waals surface area contributed by atoms with Crippen LogP contribution in [0.1, 0.15) is 83.8 Å². The van der Waals surface area contributed by atoms with Crippen LogP contribution in [0.15, 0.2) is 41.2 Å². The fourth-order valence-corrected chi connectivity index (χ4v) is 6.39. The van der Waals surface area contributed by atoms with Crippen LogP contribution in [0.5, 0.6) is 0 Å². The second-order valence-electron chi connectivity index (χ2n) is 11.9. The van der Waals surface area contributed by atoms with E-state index in [9.17, 15) is 22.4 Å². The average molecular weight is 604 g/mol. The molecule has 229 valence electrons. The van der Waals surface area contributed by atoms with Gasteiger partial charge in [0, 0.05) is 42.0 Å². The molecule has 1 radical (unpaired) electrons. The Bertz CT molecular complexity index is 1790. The minimum atomic E-state index is -2.68. The number of rotatable bonds is 8. The highest BCUT2D eigenvalue weighted by Crippen LogP contribution is 2.41. The summed E-state index contributed by atoms with van der Waals surface area (Å²) in [6.07, 6.45) is 0.332. The molecule has 1 aliphatic carbocycles. The molecule has 2 aromatic carbocycles. The molecule has 5 rings (SSSR count). The molecule has 6 nitrogen and oxygen atoms in total. The summed E-state index contributed by atoms with van der Waals surface area (Å²) < 4.78 is 57.5. The maximum Gasteiger partial charge on any atom is 0.270 e. The molecule has 0 saturated heterocycles. The Morgan fingerprint density at radius 2 is 1.73 bits per heavy atom. The van der Waals surface area contributed by atoms with Gasteiger partial charge in [-0.05, 0) is 99.2 Å². The lowest BCUT2D eigenvalue weighted by atomic mass is 9.78. The van der Waals surface area contributed by atoms with E-state index < -0.39 is 23.5 Å². The number of aryl methyl sites for hydroxylation is 2. The van der Waals surface area contributed by atoms with Crippen LogP contribution in [0, 0.1) is 37.8 Å². The highest BCUT2D eigenvalue weighted by Gasteiger charge is 2.36. The minimum Gasteiger partial charge on any atom is -0.357 e. The highest BCUT2D eigenvalue weighted by molar-refractivity contribution is 6.76. The van der Waals surface area contributed by atoms with E-state index in [2.05, 4.69) is 5.23 Å². The molecule has 1 saturated carbocycles. The minimum absolute atomic E-state index is 0.172. The van der Waals surface area contributed by atoms with Gasteiger partial charge in [0.1, 0.15) is 17.5 Å². The zero-order chi connectivity index (χ0) is 31.9. The molecule has 0 amide bonds. The number of alkyl halides is 2. The Kier molecular flexibility index (Phi) is 8.80. The number of nitrogens with zero attached hydrogens (tertiary/aromatic N) is 3. The average Bonchev–Trinajstić information content (AvgIpc) is 2.93. The maximum atomic E-state index is 14.4. The number of benzene rings is 2. The Balaban J connectivity index is 1.73. The summed E-state index contributed by atoms with van der Waals surface area (Å²) in [4.78, 5) is 24.1. The van der Waals surface area contributed by atoms with E-state index in [4.69, 9.17) is 15.4 Å². The summed E-state index contributed by atoms with van der Waals surface area (Å²) in [5.74, 6) is -4.40. The quantitative estimate of drug-likeness (QED) is 0.132. The zero-order valence-electron chi connectivity index (χ0n) is 25.5. The SMILES string of the molecule is CN[B]C(=N)c1c(C)ccc(-n2c([C@@H](C)Cc3cc(F)cc(F)c3)nc3nc(C4CCC(F)(F)CC4)cc(C)c3c2=O)c1C. The molecule has 1 atom stereocenters. The third kappa shape index (κ3) is 6.20. The second kappa shape index (κ2) is 12.3. The van der Waals surface area contributed by atoms with Crippen LogP contribution >= 0.6 is 0 Å². The van der Waals surface area contributed by atoms with E-state index >= 15 is 0 Å². The van der Waals surface area contributed by atoms with Crippen LogP contribution in [0.3, 0.4) is 0 Å². The molecule has 2 heterocycles. The van der Waals surface area contributed by atoms with E-state index in [1.165, 1.54) is 16.7 Å². The van der Waals surface area contributed by atoms with Crippen molar-refractivity contribution in [2.24, 2.45) is 0 Å². The third-order valence-electron chi connectivity index (χ3n) is 8.57. The van der Waals surface area contributed by atoms with E-state index in [-0.39, 0.29) is 54.8 Å². The molecule has 0 unspecified atom stereocenters. The van der Waals surface area contributed by atoms with Crippen molar-refractivity contribution < 1.29 is 17.6 Å². The van der Waals surface area contributed by atoms with E-state index in [1.807, 2.05) is 32.9 Å². The summed E-state index contributed by atoms with van der Waals surface area (Å²) in [5, 5.41) is 11.8.